The normalized spacial score (nSPS) is 10.3. The Bertz CT molecular complexity index is 439. The lowest BCUT2D eigenvalue weighted by Gasteiger charge is -2.02. The summed E-state index contributed by atoms with van der Waals surface area (Å²) in [5.41, 5.74) is 0. The molecule has 0 unspecified atom stereocenters. The molecular weight excluding hydrogens is 326 g/mol. The molecule has 0 radical (unpaired) electrons. The van der Waals surface area contributed by atoms with Gasteiger partial charge in [-0.05, 0) is 40.2 Å². The number of ether oxygens (including phenoxy) is 1. The summed E-state index contributed by atoms with van der Waals surface area (Å²) < 4.78 is 12.2. The molecule has 2 rings (SSSR count). The fraction of sp³-hybridized carbons (Fsp3) is 0.100. The van der Waals surface area contributed by atoms with E-state index in [1.165, 1.54) is 0 Å². The molecule has 1 heterocycles. The van der Waals surface area contributed by atoms with E-state index in [0.717, 1.165) is 10.2 Å². The van der Waals surface area contributed by atoms with Crippen molar-refractivity contribution in [2.75, 3.05) is 0 Å². The second-order valence-corrected chi connectivity index (χ2v) is 4.59. The Kier molecular flexibility index (Phi) is 3.43. The number of benzene rings is 1. The Morgan fingerprint density at radius 2 is 1.93 bits per heavy atom. The molecule has 3 nitrogen and oxygen atoms in total. The van der Waals surface area contributed by atoms with Crippen molar-refractivity contribution in [2.24, 2.45) is 0 Å². The van der Waals surface area contributed by atoms with E-state index in [1.807, 2.05) is 24.3 Å². The van der Waals surface area contributed by atoms with E-state index >= 15 is 0 Å². The first-order chi connectivity index (χ1) is 7.24. The average Bonchev–Trinajstić information content (AvgIpc) is 2.64. The molecule has 0 aliphatic rings. The van der Waals surface area contributed by atoms with E-state index in [0.29, 0.717) is 17.0 Å². The molecule has 0 saturated carbocycles. The highest BCUT2D eigenvalue weighted by Crippen LogP contribution is 2.18. The van der Waals surface area contributed by atoms with E-state index < -0.39 is 0 Å². The van der Waals surface area contributed by atoms with Gasteiger partial charge in [0.2, 0.25) is 0 Å². The second kappa shape index (κ2) is 4.81. The van der Waals surface area contributed by atoms with Crippen LogP contribution in [0.25, 0.3) is 0 Å². The van der Waals surface area contributed by atoms with Gasteiger partial charge in [-0.25, -0.2) is 0 Å². The van der Waals surface area contributed by atoms with Gasteiger partial charge in [0.05, 0.1) is 0 Å². The van der Waals surface area contributed by atoms with Gasteiger partial charge < -0.3 is 9.26 Å². The molecular formula is C10H7Br2NO2. The minimum atomic E-state index is 0.375. The molecule has 0 saturated heterocycles. The second-order valence-electron chi connectivity index (χ2n) is 2.86. The molecule has 0 bridgehead atoms. The molecule has 0 aliphatic heterocycles. The predicted molar refractivity (Wildman–Crippen MR) is 62.7 cm³/mol. The van der Waals surface area contributed by atoms with Gasteiger partial charge in [-0.1, -0.05) is 21.1 Å². The maximum atomic E-state index is 5.48. The van der Waals surface area contributed by atoms with Crippen LogP contribution in [0.5, 0.6) is 5.75 Å². The first-order valence-corrected chi connectivity index (χ1v) is 5.82. The number of nitrogens with zero attached hydrogens (tertiary/aromatic N) is 1. The van der Waals surface area contributed by atoms with Crippen molar-refractivity contribution in [3.05, 3.63) is 45.2 Å². The Labute approximate surface area is 104 Å². The van der Waals surface area contributed by atoms with E-state index in [-0.39, 0.29) is 0 Å². The van der Waals surface area contributed by atoms with Crippen LogP contribution in [-0.2, 0) is 6.61 Å². The number of halogens is 2. The first kappa shape index (κ1) is 10.7. The van der Waals surface area contributed by atoms with Crippen molar-refractivity contribution in [2.45, 2.75) is 6.61 Å². The maximum absolute atomic E-state index is 5.48. The molecule has 15 heavy (non-hydrogen) atoms. The van der Waals surface area contributed by atoms with Gasteiger partial charge >= 0.3 is 0 Å². The van der Waals surface area contributed by atoms with Crippen LogP contribution in [0.4, 0.5) is 0 Å². The van der Waals surface area contributed by atoms with Crippen molar-refractivity contribution < 1.29 is 9.26 Å². The fourth-order valence-corrected chi connectivity index (χ4v) is 1.63. The van der Waals surface area contributed by atoms with Crippen LogP contribution in [0.2, 0.25) is 0 Å². The Morgan fingerprint density at radius 3 is 2.53 bits per heavy atom. The Balaban J connectivity index is 1.96. The third-order valence-corrected chi connectivity index (χ3v) is 2.63. The molecule has 78 valence electrons. The minimum Gasteiger partial charge on any atom is -0.486 e. The van der Waals surface area contributed by atoms with E-state index in [9.17, 15) is 0 Å². The van der Waals surface area contributed by atoms with Gasteiger partial charge in [-0.3, -0.25) is 0 Å². The molecule has 2 aromatic rings. The number of hydrogen-bond acceptors (Lipinski definition) is 3. The maximum Gasteiger partial charge on any atom is 0.175 e. The standard InChI is InChI=1S/C10H7Br2NO2/c11-7-1-3-8(4-2-7)14-6-9-5-10(12)13-15-9/h1-5H,6H2. The Morgan fingerprint density at radius 1 is 1.20 bits per heavy atom. The largest absolute Gasteiger partial charge is 0.486 e. The van der Waals surface area contributed by atoms with Crippen molar-refractivity contribution >= 4 is 31.9 Å². The summed E-state index contributed by atoms with van der Waals surface area (Å²) >= 11 is 6.56. The van der Waals surface area contributed by atoms with Crippen molar-refractivity contribution in [1.29, 1.82) is 0 Å². The third kappa shape index (κ3) is 3.07. The average molecular weight is 333 g/mol. The van der Waals surface area contributed by atoms with Crippen molar-refractivity contribution in [3.8, 4) is 5.75 Å². The van der Waals surface area contributed by atoms with Crippen LogP contribution in [0.1, 0.15) is 5.76 Å². The van der Waals surface area contributed by atoms with Gasteiger partial charge in [0.25, 0.3) is 0 Å². The lowest BCUT2D eigenvalue weighted by molar-refractivity contribution is 0.249. The van der Waals surface area contributed by atoms with Crippen molar-refractivity contribution in [1.82, 2.24) is 5.16 Å². The highest BCUT2D eigenvalue weighted by atomic mass is 79.9. The summed E-state index contributed by atoms with van der Waals surface area (Å²) in [6.07, 6.45) is 0. The third-order valence-electron chi connectivity index (χ3n) is 1.72. The molecule has 1 aromatic heterocycles. The zero-order valence-electron chi connectivity index (χ0n) is 7.61. The number of aromatic nitrogens is 1. The van der Waals surface area contributed by atoms with Crippen molar-refractivity contribution in [3.63, 3.8) is 0 Å². The van der Waals surface area contributed by atoms with Gasteiger partial charge in [0.1, 0.15) is 17.0 Å². The zero-order valence-corrected chi connectivity index (χ0v) is 10.8. The fourth-order valence-electron chi connectivity index (χ4n) is 1.04. The summed E-state index contributed by atoms with van der Waals surface area (Å²) in [6, 6.07) is 9.39. The lowest BCUT2D eigenvalue weighted by atomic mass is 10.3. The highest BCUT2D eigenvalue weighted by Gasteiger charge is 2.02. The van der Waals surface area contributed by atoms with Crippen LogP contribution in [0, 0.1) is 0 Å². The molecule has 0 atom stereocenters. The van der Waals surface area contributed by atoms with E-state index in [4.69, 9.17) is 9.26 Å². The smallest absolute Gasteiger partial charge is 0.175 e. The monoisotopic (exact) mass is 331 g/mol. The quantitative estimate of drug-likeness (QED) is 0.858. The number of hydrogen-bond donors (Lipinski definition) is 0. The van der Waals surface area contributed by atoms with Crippen LogP contribution in [-0.4, -0.2) is 5.16 Å². The molecule has 5 heteroatoms. The zero-order chi connectivity index (χ0) is 10.7. The van der Waals surface area contributed by atoms with E-state index in [1.54, 1.807) is 6.07 Å². The van der Waals surface area contributed by atoms with Gasteiger partial charge in [-0.15, -0.1) is 0 Å². The minimum absolute atomic E-state index is 0.375. The molecule has 0 fully saturated rings. The summed E-state index contributed by atoms with van der Waals surface area (Å²) in [4.78, 5) is 0. The van der Waals surface area contributed by atoms with Crippen LogP contribution in [0.3, 0.4) is 0 Å². The van der Waals surface area contributed by atoms with E-state index in [2.05, 4.69) is 37.0 Å². The Hall–Kier alpha value is -0.810. The lowest BCUT2D eigenvalue weighted by Crippen LogP contribution is -1.93. The van der Waals surface area contributed by atoms with Gasteiger partial charge in [-0.2, -0.15) is 0 Å². The summed E-state index contributed by atoms with van der Waals surface area (Å²) in [5, 5.41) is 3.70. The van der Waals surface area contributed by atoms with Crippen LogP contribution >= 0.6 is 31.9 Å². The first-order valence-electron chi connectivity index (χ1n) is 4.23. The predicted octanol–water partition coefficient (Wildman–Crippen LogP) is 3.78. The molecule has 0 spiro atoms. The van der Waals surface area contributed by atoms with Crippen LogP contribution in [0.15, 0.2) is 43.9 Å². The van der Waals surface area contributed by atoms with Crippen LogP contribution < -0.4 is 4.74 Å². The molecule has 1 aromatic carbocycles. The molecule has 0 N–H and O–H groups in total. The SMILES string of the molecule is Brc1ccc(OCc2cc(Br)no2)cc1. The topological polar surface area (TPSA) is 35.3 Å². The summed E-state index contributed by atoms with van der Waals surface area (Å²) in [5.74, 6) is 1.48. The molecule has 0 amide bonds. The summed E-state index contributed by atoms with van der Waals surface area (Å²) in [7, 11) is 0. The van der Waals surface area contributed by atoms with Gasteiger partial charge in [0, 0.05) is 10.5 Å². The summed E-state index contributed by atoms with van der Waals surface area (Å²) in [6.45, 7) is 0.375. The molecule has 0 aliphatic carbocycles. The highest BCUT2D eigenvalue weighted by molar-refractivity contribution is 9.10. The van der Waals surface area contributed by atoms with Gasteiger partial charge in [0.15, 0.2) is 5.76 Å². The number of rotatable bonds is 3.